The molecular formula is C9H6ClN3O. The van der Waals surface area contributed by atoms with Gasteiger partial charge in [0.1, 0.15) is 11.8 Å². The van der Waals surface area contributed by atoms with Crippen LogP contribution in [0.4, 0.5) is 5.69 Å². The molecule has 0 spiro atoms. The summed E-state index contributed by atoms with van der Waals surface area (Å²) < 4.78 is 0. The fourth-order valence-electron chi connectivity index (χ4n) is 0.733. The second-order valence-corrected chi connectivity index (χ2v) is 2.86. The molecule has 0 unspecified atom stereocenters. The number of nitrogens with one attached hydrogen (secondary N) is 1. The lowest BCUT2D eigenvalue weighted by Gasteiger charge is -2.01. The first-order valence-electron chi connectivity index (χ1n) is 3.65. The minimum absolute atomic E-state index is 0.102. The van der Waals surface area contributed by atoms with Crippen molar-refractivity contribution in [1.29, 1.82) is 5.26 Å². The molecule has 0 atom stereocenters. The van der Waals surface area contributed by atoms with Crippen LogP contribution in [-0.2, 0) is 4.79 Å². The number of nitriles is 1. The van der Waals surface area contributed by atoms with E-state index < -0.39 is 5.91 Å². The van der Waals surface area contributed by atoms with Crippen LogP contribution in [0.15, 0.2) is 29.9 Å². The second kappa shape index (κ2) is 4.40. The van der Waals surface area contributed by atoms with Crippen LogP contribution < -0.4 is 5.32 Å². The summed E-state index contributed by atoms with van der Waals surface area (Å²) in [7, 11) is 0. The van der Waals surface area contributed by atoms with Crippen molar-refractivity contribution in [2.75, 3.05) is 5.32 Å². The molecule has 0 aromatic carbocycles. The number of carbonyl (C=O) groups is 1. The number of carbonyl (C=O) groups excluding carboxylic acids is 1. The summed E-state index contributed by atoms with van der Waals surface area (Å²) in [5, 5.41) is 10.8. The molecule has 5 heteroatoms. The Morgan fingerprint density at radius 1 is 1.64 bits per heavy atom. The van der Waals surface area contributed by atoms with Gasteiger partial charge < -0.3 is 5.32 Å². The van der Waals surface area contributed by atoms with Gasteiger partial charge in [-0.05, 0) is 12.1 Å². The third-order valence-electron chi connectivity index (χ3n) is 1.38. The maximum absolute atomic E-state index is 11.0. The van der Waals surface area contributed by atoms with E-state index in [-0.39, 0.29) is 10.7 Å². The quantitative estimate of drug-likeness (QED) is 0.750. The molecule has 0 saturated heterocycles. The number of hydrogen-bond donors (Lipinski definition) is 1. The summed E-state index contributed by atoms with van der Waals surface area (Å²) in [4.78, 5) is 14.8. The van der Waals surface area contributed by atoms with Gasteiger partial charge in [0.15, 0.2) is 0 Å². The molecule has 1 aromatic rings. The summed E-state index contributed by atoms with van der Waals surface area (Å²) in [5.74, 6) is -0.488. The number of rotatable bonds is 2. The zero-order valence-electron chi connectivity index (χ0n) is 7.12. The Labute approximate surface area is 85.8 Å². The zero-order chi connectivity index (χ0) is 10.6. The van der Waals surface area contributed by atoms with Crippen molar-refractivity contribution in [3.8, 4) is 6.07 Å². The molecule has 14 heavy (non-hydrogen) atoms. The Hall–Kier alpha value is -1.86. The minimum Gasteiger partial charge on any atom is -0.320 e. The summed E-state index contributed by atoms with van der Waals surface area (Å²) in [6, 6.07) is 4.91. The highest BCUT2D eigenvalue weighted by atomic mass is 35.5. The molecule has 0 saturated carbocycles. The minimum atomic E-state index is -0.488. The van der Waals surface area contributed by atoms with Crippen LogP contribution in [0, 0.1) is 11.3 Å². The van der Waals surface area contributed by atoms with E-state index in [1.54, 1.807) is 6.07 Å². The molecule has 1 aromatic heterocycles. The highest BCUT2D eigenvalue weighted by molar-refractivity contribution is 6.43. The predicted molar refractivity (Wildman–Crippen MR) is 52.6 cm³/mol. The molecule has 0 aliphatic heterocycles. The van der Waals surface area contributed by atoms with Crippen molar-refractivity contribution >= 4 is 23.2 Å². The van der Waals surface area contributed by atoms with Gasteiger partial charge in [0.05, 0.1) is 16.9 Å². The first-order chi connectivity index (χ1) is 6.63. The summed E-state index contributed by atoms with van der Waals surface area (Å²) in [6.07, 6.45) is 1.37. The number of pyridine rings is 1. The molecule has 0 bridgehead atoms. The number of anilines is 1. The lowest BCUT2D eigenvalue weighted by Crippen LogP contribution is -2.10. The first kappa shape index (κ1) is 10.2. The SMILES string of the molecule is C=C(Cl)C(=O)Nc1ccc(C#N)nc1. The third kappa shape index (κ3) is 2.57. The van der Waals surface area contributed by atoms with Gasteiger partial charge in [-0.3, -0.25) is 4.79 Å². The van der Waals surface area contributed by atoms with E-state index in [4.69, 9.17) is 16.9 Å². The van der Waals surface area contributed by atoms with E-state index in [9.17, 15) is 4.79 Å². The molecule has 1 heterocycles. The second-order valence-electron chi connectivity index (χ2n) is 2.40. The van der Waals surface area contributed by atoms with Gasteiger partial charge in [-0.1, -0.05) is 18.2 Å². The van der Waals surface area contributed by atoms with Crippen molar-refractivity contribution in [1.82, 2.24) is 4.98 Å². The largest absolute Gasteiger partial charge is 0.320 e. The van der Waals surface area contributed by atoms with E-state index in [1.807, 2.05) is 6.07 Å². The normalized spacial score (nSPS) is 8.86. The maximum atomic E-state index is 11.0. The molecule has 1 rings (SSSR count). The van der Waals surface area contributed by atoms with Gasteiger partial charge in [0, 0.05) is 0 Å². The van der Waals surface area contributed by atoms with Crippen molar-refractivity contribution in [2.45, 2.75) is 0 Å². The molecule has 1 amide bonds. The van der Waals surface area contributed by atoms with Crippen LogP contribution in [0.5, 0.6) is 0 Å². The van der Waals surface area contributed by atoms with E-state index in [1.165, 1.54) is 12.3 Å². The van der Waals surface area contributed by atoms with Crippen LogP contribution in [0.3, 0.4) is 0 Å². The Balaban J connectivity index is 2.75. The van der Waals surface area contributed by atoms with Gasteiger partial charge in [-0.15, -0.1) is 0 Å². The monoisotopic (exact) mass is 207 g/mol. The van der Waals surface area contributed by atoms with Gasteiger partial charge in [-0.25, -0.2) is 4.98 Å². The van der Waals surface area contributed by atoms with Crippen molar-refractivity contribution in [3.05, 3.63) is 35.6 Å². The lowest BCUT2D eigenvalue weighted by atomic mass is 10.3. The standard InChI is InChI=1S/C9H6ClN3O/c1-6(10)9(14)13-8-3-2-7(4-11)12-5-8/h2-3,5H,1H2,(H,13,14). The molecule has 0 fully saturated rings. The molecule has 0 aliphatic carbocycles. The topological polar surface area (TPSA) is 65.8 Å². The van der Waals surface area contributed by atoms with Crippen LogP contribution >= 0.6 is 11.6 Å². The van der Waals surface area contributed by atoms with E-state index in [0.717, 1.165) is 0 Å². The van der Waals surface area contributed by atoms with Crippen molar-refractivity contribution in [2.24, 2.45) is 0 Å². The Morgan fingerprint density at radius 2 is 2.36 bits per heavy atom. The van der Waals surface area contributed by atoms with Gasteiger partial charge in [0.25, 0.3) is 5.91 Å². The van der Waals surface area contributed by atoms with Crippen LogP contribution in [0.2, 0.25) is 0 Å². The molecule has 70 valence electrons. The number of hydrogen-bond acceptors (Lipinski definition) is 3. The molecule has 1 N–H and O–H groups in total. The van der Waals surface area contributed by atoms with Crippen LogP contribution in [0.1, 0.15) is 5.69 Å². The van der Waals surface area contributed by atoms with Gasteiger partial charge >= 0.3 is 0 Å². The van der Waals surface area contributed by atoms with E-state index in [0.29, 0.717) is 5.69 Å². The first-order valence-corrected chi connectivity index (χ1v) is 4.03. The average molecular weight is 208 g/mol. The number of aromatic nitrogens is 1. The summed E-state index contributed by atoms with van der Waals surface area (Å²) in [6.45, 7) is 3.27. The van der Waals surface area contributed by atoms with E-state index >= 15 is 0 Å². The fraction of sp³-hybridized carbons (Fsp3) is 0. The summed E-state index contributed by atoms with van der Waals surface area (Å²) in [5.41, 5.74) is 0.753. The fourth-order valence-corrected chi connectivity index (χ4v) is 0.780. The molecular weight excluding hydrogens is 202 g/mol. The zero-order valence-corrected chi connectivity index (χ0v) is 7.88. The third-order valence-corrected chi connectivity index (χ3v) is 1.55. The van der Waals surface area contributed by atoms with Gasteiger partial charge in [-0.2, -0.15) is 5.26 Å². The number of halogens is 1. The van der Waals surface area contributed by atoms with Crippen molar-refractivity contribution < 1.29 is 4.79 Å². The van der Waals surface area contributed by atoms with Crippen LogP contribution in [0.25, 0.3) is 0 Å². The highest BCUT2D eigenvalue weighted by Crippen LogP contribution is 2.08. The smallest absolute Gasteiger partial charge is 0.266 e. The molecule has 0 aliphatic rings. The van der Waals surface area contributed by atoms with E-state index in [2.05, 4.69) is 16.9 Å². The highest BCUT2D eigenvalue weighted by Gasteiger charge is 2.03. The maximum Gasteiger partial charge on any atom is 0.266 e. The summed E-state index contributed by atoms with van der Waals surface area (Å²) >= 11 is 5.36. The van der Waals surface area contributed by atoms with Crippen LogP contribution in [-0.4, -0.2) is 10.9 Å². The Morgan fingerprint density at radius 3 is 2.79 bits per heavy atom. The predicted octanol–water partition coefficient (Wildman–Crippen LogP) is 1.64. The lowest BCUT2D eigenvalue weighted by molar-refractivity contribution is -0.112. The van der Waals surface area contributed by atoms with Crippen molar-refractivity contribution in [3.63, 3.8) is 0 Å². The Bertz CT molecular complexity index is 405. The molecule has 0 radical (unpaired) electrons. The number of nitrogens with zero attached hydrogens (tertiary/aromatic N) is 2. The number of amides is 1. The molecule has 4 nitrogen and oxygen atoms in total. The van der Waals surface area contributed by atoms with Gasteiger partial charge in [0.2, 0.25) is 0 Å². The Kier molecular flexibility index (Phi) is 3.21. The average Bonchev–Trinajstić information content (AvgIpc) is 2.19.